The van der Waals surface area contributed by atoms with Gasteiger partial charge < -0.3 is 55.9 Å². The molecular formula is C56H66F2N9O12P. The average Bonchev–Trinajstić information content (AvgIpc) is 4.20. The largest absolute Gasteiger partial charge is 0.399 e. The van der Waals surface area contributed by atoms with Crippen LogP contribution in [0.4, 0.5) is 8.78 Å². The number of hydrogen-bond donors (Lipinski definition) is 8. The molecule has 8 amide bonds. The van der Waals surface area contributed by atoms with E-state index in [0.29, 0.717) is 38.0 Å². The third-order valence-electron chi connectivity index (χ3n) is 15.1. The molecule has 1 aromatic heterocycles. The number of benzene rings is 3. The van der Waals surface area contributed by atoms with E-state index in [1.54, 1.807) is 19.2 Å². The highest BCUT2D eigenvalue weighted by molar-refractivity contribution is 7.52. The van der Waals surface area contributed by atoms with Gasteiger partial charge in [0.2, 0.25) is 35.4 Å². The highest BCUT2D eigenvalue weighted by Crippen LogP contribution is 2.59. The number of fused-ring (bicyclic) bond motifs is 3. The van der Waals surface area contributed by atoms with Gasteiger partial charge in [-0.05, 0) is 100.0 Å². The summed E-state index contributed by atoms with van der Waals surface area (Å²) in [6, 6.07) is 13.4. The van der Waals surface area contributed by atoms with Gasteiger partial charge >= 0.3 is 13.3 Å². The summed E-state index contributed by atoms with van der Waals surface area (Å²) in [5.41, 5.74) is 2.98. The number of carbonyl (C=O) groups is 8. The monoisotopic (exact) mass is 1130 g/mol. The molecule has 21 nitrogen and oxygen atoms in total. The average molecular weight is 1130 g/mol. The third-order valence-corrected chi connectivity index (χ3v) is 16.1. The number of ether oxygens (including phenoxy) is 1. The number of hydrogen-bond acceptors (Lipinski definition) is 11. The molecule has 0 radical (unpaired) electrons. The number of nitrogens with zero attached hydrogens (tertiary/aromatic N) is 3. The van der Waals surface area contributed by atoms with Gasteiger partial charge in [0.05, 0.1) is 12.6 Å². The van der Waals surface area contributed by atoms with E-state index in [2.05, 4.69) is 38.1 Å². The molecule has 24 heteroatoms. The Bertz CT molecular complexity index is 3120. The van der Waals surface area contributed by atoms with Gasteiger partial charge in [0.15, 0.2) is 0 Å². The lowest BCUT2D eigenvalue weighted by Crippen LogP contribution is -2.61. The Hall–Kier alpha value is -7.35. The van der Waals surface area contributed by atoms with Crippen LogP contribution in [0, 0.1) is 11.8 Å². The molecule has 4 aliphatic heterocycles. The number of rotatable bonds is 22. The molecule has 6 atom stereocenters. The van der Waals surface area contributed by atoms with Crippen LogP contribution in [0.25, 0.3) is 10.9 Å². The molecule has 8 rings (SSSR count). The molecule has 4 aromatic rings. The lowest BCUT2D eigenvalue weighted by molar-refractivity contribution is -0.144. The van der Waals surface area contributed by atoms with Crippen molar-refractivity contribution in [3.05, 3.63) is 106 Å². The molecule has 1 unspecified atom stereocenters. The maximum atomic E-state index is 14.5. The quantitative estimate of drug-likeness (QED) is 0.0240. The van der Waals surface area contributed by atoms with Crippen LogP contribution in [0.3, 0.4) is 0 Å². The van der Waals surface area contributed by atoms with Crippen molar-refractivity contribution in [2.75, 3.05) is 33.4 Å². The summed E-state index contributed by atoms with van der Waals surface area (Å²) in [4.78, 5) is 132. The zero-order valence-corrected chi connectivity index (χ0v) is 45.1. The predicted molar refractivity (Wildman–Crippen MR) is 287 cm³/mol. The van der Waals surface area contributed by atoms with Crippen LogP contribution in [0.15, 0.2) is 72.8 Å². The van der Waals surface area contributed by atoms with Crippen LogP contribution >= 0.6 is 7.60 Å². The van der Waals surface area contributed by atoms with Crippen molar-refractivity contribution < 1.29 is 66.2 Å². The number of H-pyrrole nitrogens is 1. The number of alkyl halides is 2. The number of aromatic amines is 1. The van der Waals surface area contributed by atoms with Crippen molar-refractivity contribution in [3.8, 4) is 11.8 Å². The summed E-state index contributed by atoms with van der Waals surface area (Å²) in [6.45, 7) is 1.31. The van der Waals surface area contributed by atoms with Gasteiger partial charge in [0.25, 0.3) is 11.8 Å². The van der Waals surface area contributed by atoms with Gasteiger partial charge in [-0.15, -0.1) is 0 Å². The maximum absolute atomic E-state index is 14.5. The summed E-state index contributed by atoms with van der Waals surface area (Å²) in [5.74, 6) is 2.13. The van der Waals surface area contributed by atoms with Crippen LogP contribution in [0.2, 0.25) is 0 Å². The van der Waals surface area contributed by atoms with Gasteiger partial charge in [-0.2, -0.15) is 8.78 Å². The molecule has 0 aliphatic carbocycles. The van der Waals surface area contributed by atoms with Crippen LogP contribution in [0.5, 0.6) is 0 Å². The molecule has 0 bridgehead atoms. The highest BCUT2D eigenvalue weighted by Gasteiger charge is 2.51. The van der Waals surface area contributed by atoms with E-state index < -0.39 is 90.5 Å². The molecule has 426 valence electrons. The molecule has 9 N–H and O–H groups in total. The Morgan fingerprint density at radius 3 is 2.44 bits per heavy atom. The predicted octanol–water partition coefficient (Wildman–Crippen LogP) is 3.97. The smallest absolute Gasteiger partial charge is 0.379 e. The summed E-state index contributed by atoms with van der Waals surface area (Å²) < 4.78 is 46.7. The van der Waals surface area contributed by atoms with E-state index in [0.717, 1.165) is 67.0 Å². The van der Waals surface area contributed by atoms with Crippen LogP contribution in [-0.4, -0.2) is 140 Å². The number of nitrogens with one attached hydrogen (secondary N) is 5. The summed E-state index contributed by atoms with van der Waals surface area (Å²) in [7, 11) is -4.09. The first kappa shape index (κ1) is 58.8. The fourth-order valence-electron chi connectivity index (χ4n) is 10.8. The number of imide groups is 1. The Labute approximate surface area is 460 Å². The number of likely N-dealkylation sites (N-methyl/N-ethyl adjacent to an activating group) is 1. The minimum atomic E-state index is -5.86. The summed E-state index contributed by atoms with van der Waals surface area (Å²) in [6.07, 6.45) is 6.31. The second-order valence-corrected chi connectivity index (χ2v) is 22.5. The second kappa shape index (κ2) is 25.8. The first-order chi connectivity index (χ1) is 38.2. The molecule has 3 fully saturated rings. The maximum Gasteiger partial charge on any atom is 0.399 e. The van der Waals surface area contributed by atoms with Crippen LogP contribution in [0.1, 0.15) is 133 Å². The molecule has 80 heavy (non-hydrogen) atoms. The number of amides is 8. The lowest BCUT2D eigenvalue weighted by Gasteiger charge is -2.38. The molecule has 5 heterocycles. The van der Waals surface area contributed by atoms with Crippen molar-refractivity contribution in [2.24, 2.45) is 5.73 Å². The normalized spacial score (nSPS) is 20.4. The van der Waals surface area contributed by atoms with Crippen molar-refractivity contribution in [2.45, 2.75) is 132 Å². The van der Waals surface area contributed by atoms with Gasteiger partial charge in [0, 0.05) is 72.6 Å². The fraction of sp³-hybridized carbons (Fsp3) is 0.464. The molecule has 3 aromatic carbocycles. The first-order valence-corrected chi connectivity index (χ1v) is 28.5. The summed E-state index contributed by atoms with van der Waals surface area (Å²) in [5, 5.41) is 10.9. The van der Waals surface area contributed by atoms with E-state index >= 15 is 0 Å². The SMILES string of the molecule is CN1CC[C@H]2CC[C@@H](C(=O)N[C@@H](CCC(N)=O)C(=O)N[C@H](COCCCCCCCC#Cc3cccc4c3CN(C3CCC(=O)NC3=O)C4=O)c3ccccc3)N2C(=O)[C@@H](NC(=O)c2cc3cc(C(F)(F)P(=O)(O)O)ccc3[nH]2)C1. The van der Waals surface area contributed by atoms with E-state index in [9.17, 15) is 61.5 Å². The summed E-state index contributed by atoms with van der Waals surface area (Å²) >= 11 is 0. The van der Waals surface area contributed by atoms with Crippen molar-refractivity contribution >= 4 is 65.8 Å². The Morgan fingerprint density at radius 1 is 0.925 bits per heavy atom. The number of primary amides is 1. The standard InChI is InChI=1S/C56H66F2N9O12P/c1-65-27-26-38-19-22-47(67(38)55(75)44(32-65)62-51(71)43-30-36-29-37(18-20-41(36)60-43)56(57,58)80(76,77)78)53(73)61-42(21-24-48(59)68)50(70)63-45(35-14-9-7-10-15-35)33-79-28-11-6-4-2-3-5-8-13-34-16-12-17-39-40(34)31-66(54(39)74)46-23-25-49(69)64-52(46)72/h7,9-10,12,14-18,20,29-30,38,42,44-47,60H,2-6,11,19,21-28,31-33H2,1H3,(H2,59,68)(H,61,73)(H,62,71)(H,63,70)(H,64,69,72)(H2,76,77,78)/t38-,42+,44+,45-,46?,47+/m1/s1. The van der Waals surface area contributed by atoms with Gasteiger partial charge in [-0.3, -0.25) is 48.2 Å². The third kappa shape index (κ3) is 14.0. The molecule has 3 saturated heterocycles. The lowest BCUT2D eigenvalue weighted by atomic mass is 10.0. The Kier molecular flexibility index (Phi) is 19.0. The van der Waals surface area contributed by atoms with Gasteiger partial charge in [0.1, 0.15) is 29.9 Å². The molecule has 0 spiro atoms. The Morgan fingerprint density at radius 2 is 1.69 bits per heavy atom. The zero-order chi connectivity index (χ0) is 57.3. The number of carbonyl (C=O) groups excluding carboxylic acids is 8. The van der Waals surface area contributed by atoms with Crippen molar-refractivity contribution in [1.29, 1.82) is 0 Å². The number of unbranched alkanes of at least 4 members (excludes halogenated alkanes) is 5. The van der Waals surface area contributed by atoms with Gasteiger partial charge in [-0.25, -0.2) is 0 Å². The van der Waals surface area contributed by atoms with Crippen LogP contribution < -0.4 is 27.0 Å². The van der Waals surface area contributed by atoms with E-state index in [4.69, 9.17) is 10.5 Å². The van der Waals surface area contributed by atoms with Gasteiger partial charge in [-0.1, -0.05) is 73.6 Å². The van der Waals surface area contributed by atoms with Crippen LogP contribution in [-0.2, 0) is 50.3 Å². The van der Waals surface area contributed by atoms with E-state index in [-0.39, 0.29) is 80.2 Å². The Balaban J connectivity index is 0.829. The minimum Gasteiger partial charge on any atom is -0.379 e. The number of nitrogens with two attached hydrogens (primary N) is 1. The highest BCUT2D eigenvalue weighted by atomic mass is 31.2. The molecular weight excluding hydrogens is 1060 g/mol. The molecule has 0 saturated carbocycles. The number of aromatic nitrogens is 1. The minimum absolute atomic E-state index is 0.0472. The van der Waals surface area contributed by atoms with Crippen molar-refractivity contribution in [3.63, 3.8) is 0 Å². The fourth-order valence-corrected chi connectivity index (χ4v) is 11.2. The number of piperidine rings is 1. The zero-order valence-electron chi connectivity index (χ0n) is 44.2. The number of halogens is 2. The topological polar surface area (TPSA) is 303 Å². The first-order valence-electron chi connectivity index (χ1n) is 26.9. The second-order valence-electron chi connectivity index (χ2n) is 20.8. The van der Waals surface area contributed by atoms with E-state index in [1.807, 2.05) is 41.3 Å². The van der Waals surface area contributed by atoms with E-state index in [1.165, 1.54) is 15.9 Å². The van der Waals surface area contributed by atoms with Crippen molar-refractivity contribution in [1.82, 2.24) is 41.0 Å². The molecule has 4 aliphatic rings.